The van der Waals surface area contributed by atoms with Crippen molar-refractivity contribution in [2.24, 2.45) is 0 Å². The Morgan fingerprint density at radius 3 is 2.88 bits per heavy atom. The molecule has 0 aromatic carbocycles. The maximum absolute atomic E-state index is 3.08. The summed E-state index contributed by atoms with van der Waals surface area (Å²) < 4.78 is 0. The Morgan fingerprint density at radius 2 is 2.50 bits per heavy atom. The van der Waals surface area contributed by atoms with Gasteiger partial charge in [-0.3, -0.25) is 0 Å². The first-order valence-corrected chi connectivity index (χ1v) is 3.57. The molecule has 0 bridgehead atoms. The summed E-state index contributed by atoms with van der Waals surface area (Å²) in [6, 6.07) is 0. The van der Waals surface area contributed by atoms with Gasteiger partial charge in [-0.15, -0.1) is 11.8 Å². The lowest BCUT2D eigenvalue weighted by atomic mass is 10.3. The third-order valence-electron chi connectivity index (χ3n) is 0.922. The van der Waals surface area contributed by atoms with Crippen LogP contribution in [0.3, 0.4) is 0 Å². The van der Waals surface area contributed by atoms with Crippen LogP contribution >= 0.6 is 11.8 Å². The number of hydrogen-bond donors (Lipinski definition) is 0. The largest absolute Gasteiger partial charge is 0.117 e. The summed E-state index contributed by atoms with van der Waals surface area (Å²) in [5, 5.41) is 2.61. The van der Waals surface area contributed by atoms with Crippen LogP contribution < -0.4 is 0 Å². The fourth-order valence-corrected chi connectivity index (χ4v) is 1.08. The summed E-state index contributed by atoms with van der Waals surface area (Å²) in [5.41, 5.74) is 1.19. The van der Waals surface area contributed by atoms with Crippen LogP contribution in [0.2, 0.25) is 0 Å². The highest BCUT2D eigenvalue weighted by molar-refractivity contribution is 8.03. The molecule has 8 heavy (non-hydrogen) atoms. The van der Waals surface area contributed by atoms with Crippen LogP contribution in [0.25, 0.3) is 0 Å². The molecule has 1 unspecified atom stereocenters. The molecule has 0 radical (unpaired) electrons. The standard InChI is InChI=1S/C7H8S/c1-6-3-4-7(2)8-5-6/h5,7H,1-2H3. The fourth-order valence-electron chi connectivity index (χ4n) is 0.483. The Morgan fingerprint density at radius 1 is 1.75 bits per heavy atom. The van der Waals surface area contributed by atoms with E-state index in [4.69, 9.17) is 0 Å². The second kappa shape index (κ2) is 2.28. The van der Waals surface area contributed by atoms with E-state index in [-0.39, 0.29) is 0 Å². The van der Waals surface area contributed by atoms with Crippen molar-refractivity contribution in [3.8, 4) is 11.8 Å². The number of rotatable bonds is 0. The van der Waals surface area contributed by atoms with Crippen LogP contribution in [0.4, 0.5) is 0 Å². The summed E-state index contributed by atoms with van der Waals surface area (Å²) in [7, 11) is 0. The zero-order chi connectivity index (χ0) is 5.98. The van der Waals surface area contributed by atoms with E-state index in [9.17, 15) is 0 Å². The van der Waals surface area contributed by atoms with Gasteiger partial charge in [-0.05, 0) is 19.3 Å². The second-order valence-corrected chi connectivity index (χ2v) is 3.06. The molecule has 1 aliphatic heterocycles. The normalized spacial score (nSPS) is 25.8. The zero-order valence-electron chi connectivity index (χ0n) is 5.06. The van der Waals surface area contributed by atoms with Gasteiger partial charge in [0.1, 0.15) is 0 Å². The lowest BCUT2D eigenvalue weighted by Crippen LogP contribution is -1.91. The molecule has 1 atom stereocenters. The summed E-state index contributed by atoms with van der Waals surface area (Å²) >= 11 is 1.79. The molecule has 0 aromatic rings. The molecule has 1 aliphatic rings. The van der Waals surface area contributed by atoms with Gasteiger partial charge in [0.05, 0.1) is 5.25 Å². The van der Waals surface area contributed by atoms with Crippen molar-refractivity contribution in [1.82, 2.24) is 0 Å². The highest BCUT2D eigenvalue weighted by Gasteiger charge is 1.97. The molecule has 0 fully saturated rings. The van der Waals surface area contributed by atoms with Crippen molar-refractivity contribution in [2.75, 3.05) is 0 Å². The topological polar surface area (TPSA) is 0 Å². The van der Waals surface area contributed by atoms with E-state index in [1.165, 1.54) is 5.57 Å². The van der Waals surface area contributed by atoms with E-state index in [1.54, 1.807) is 11.8 Å². The van der Waals surface area contributed by atoms with E-state index in [0.717, 1.165) is 0 Å². The van der Waals surface area contributed by atoms with Crippen molar-refractivity contribution in [3.63, 3.8) is 0 Å². The molecule has 1 heteroatoms. The summed E-state index contributed by atoms with van der Waals surface area (Å²) in [6.07, 6.45) is 0. The fraction of sp³-hybridized carbons (Fsp3) is 0.429. The first kappa shape index (κ1) is 5.78. The van der Waals surface area contributed by atoms with Crippen LogP contribution in [-0.4, -0.2) is 5.25 Å². The van der Waals surface area contributed by atoms with Gasteiger partial charge in [-0.2, -0.15) is 0 Å². The lowest BCUT2D eigenvalue weighted by molar-refractivity contribution is 1.30. The van der Waals surface area contributed by atoms with Gasteiger partial charge in [0.25, 0.3) is 0 Å². The molecule has 1 heterocycles. The third-order valence-corrected chi connectivity index (χ3v) is 1.94. The summed E-state index contributed by atoms with van der Waals surface area (Å²) in [4.78, 5) is 0. The lowest BCUT2D eigenvalue weighted by Gasteiger charge is -2.01. The van der Waals surface area contributed by atoms with E-state index in [0.29, 0.717) is 5.25 Å². The number of thioether (sulfide) groups is 1. The average molecular weight is 124 g/mol. The molecule has 0 nitrogen and oxygen atoms in total. The molecule has 0 saturated carbocycles. The minimum Gasteiger partial charge on any atom is -0.117 e. The van der Waals surface area contributed by atoms with Crippen LogP contribution in [0, 0.1) is 11.8 Å². The molecule has 42 valence electrons. The van der Waals surface area contributed by atoms with E-state index in [2.05, 4.69) is 24.2 Å². The van der Waals surface area contributed by atoms with Gasteiger partial charge >= 0.3 is 0 Å². The highest BCUT2D eigenvalue weighted by Crippen LogP contribution is 2.16. The molecular weight excluding hydrogens is 116 g/mol. The van der Waals surface area contributed by atoms with Gasteiger partial charge in [0.2, 0.25) is 0 Å². The van der Waals surface area contributed by atoms with Crippen LogP contribution in [-0.2, 0) is 0 Å². The van der Waals surface area contributed by atoms with Crippen molar-refractivity contribution in [3.05, 3.63) is 11.0 Å². The van der Waals surface area contributed by atoms with E-state index in [1.807, 2.05) is 6.92 Å². The monoisotopic (exact) mass is 124 g/mol. The predicted molar refractivity (Wildman–Crippen MR) is 38.6 cm³/mol. The minimum atomic E-state index is 0.499. The number of hydrogen-bond acceptors (Lipinski definition) is 1. The molecule has 1 rings (SSSR count). The molecule has 0 N–H and O–H groups in total. The van der Waals surface area contributed by atoms with Gasteiger partial charge < -0.3 is 0 Å². The van der Waals surface area contributed by atoms with Gasteiger partial charge in [-0.1, -0.05) is 11.8 Å². The predicted octanol–water partition coefficient (Wildman–Crippen LogP) is 2.03. The van der Waals surface area contributed by atoms with Crippen LogP contribution in [0.15, 0.2) is 11.0 Å². The molecule has 0 aliphatic carbocycles. The van der Waals surface area contributed by atoms with Gasteiger partial charge in [0.15, 0.2) is 0 Å². The summed E-state index contributed by atoms with van der Waals surface area (Å²) in [6.45, 7) is 4.15. The third kappa shape index (κ3) is 1.31. The molecule has 0 aromatic heterocycles. The smallest absolute Gasteiger partial charge is 0.0674 e. The van der Waals surface area contributed by atoms with Crippen molar-refractivity contribution >= 4 is 11.8 Å². The van der Waals surface area contributed by atoms with E-state index < -0.39 is 0 Å². The first-order valence-electron chi connectivity index (χ1n) is 2.63. The maximum Gasteiger partial charge on any atom is 0.0674 e. The van der Waals surface area contributed by atoms with Gasteiger partial charge in [-0.25, -0.2) is 0 Å². The quantitative estimate of drug-likeness (QED) is 0.445. The highest BCUT2D eigenvalue weighted by atomic mass is 32.2. The van der Waals surface area contributed by atoms with Crippen LogP contribution in [0.1, 0.15) is 13.8 Å². The molecular formula is C7H8S. The van der Waals surface area contributed by atoms with Gasteiger partial charge in [0, 0.05) is 5.57 Å². The van der Waals surface area contributed by atoms with Crippen molar-refractivity contribution in [2.45, 2.75) is 19.1 Å². The molecule has 0 saturated heterocycles. The van der Waals surface area contributed by atoms with E-state index >= 15 is 0 Å². The Kier molecular flexibility index (Phi) is 1.65. The first-order chi connectivity index (χ1) is 3.79. The molecule has 0 amide bonds. The second-order valence-electron chi connectivity index (χ2n) is 1.85. The Hall–Kier alpha value is -0.350. The SMILES string of the molecule is CC1=CSC(C)C#C1. The summed E-state index contributed by atoms with van der Waals surface area (Å²) in [5.74, 6) is 6.10. The molecule has 0 spiro atoms. The maximum atomic E-state index is 3.08. The number of allylic oxidation sites excluding steroid dienone is 1. The zero-order valence-corrected chi connectivity index (χ0v) is 5.88. The van der Waals surface area contributed by atoms with Crippen LogP contribution in [0.5, 0.6) is 0 Å². The Balaban J connectivity index is 2.68. The Bertz CT molecular complexity index is 169. The Labute approximate surface area is 54.4 Å². The van der Waals surface area contributed by atoms with Crippen molar-refractivity contribution < 1.29 is 0 Å². The average Bonchev–Trinajstić information content (AvgIpc) is 1.77. The van der Waals surface area contributed by atoms with Crippen molar-refractivity contribution in [1.29, 1.82) is 0 Å². The minimum absolute atomic E-state index is 0.499.